The van der Waals surface area contributed by atoms with Crippen LogP contribution in [0.3, 0.4) is 0 Å². The molecule has 14 heavy (non-hydrogen) atoms. The highest BCUT2D eigenvalue weighted by Gasteiger charge is 2.18. The van der Waals surface area contributed by atoms with E-state index in [0.29, 0.717) is 0 Å². The van der Waals surface area contributed by atoms with Crippen molar-refractivity contribution in [1.82, 2.24) is 0 Å². The molecule has 0 aliphatic rings. The lowest BCUT2D eigenvalue weighted by Crippen LogP contribution is -2.01. The van der Waals surface area contributed by atoms with Crippen LogP contribution in [0, 0.1) is 24.0 Å². The Bertz CT molecular complexity index is 371. The molecule has 1 aromatic carbocycles. The maximum absolute atomic E-state index is 11.1. The molecule has 0 aliphatic heterocycles. The van der Waals surface area contributed by atoms with Crippen LogP contribution in [0.1, 0.15) is 28.4 Å². The summed E-state index contributed by atoms with van der Waals surface area (Å²) in [7, 11) is 0. The number of nitro benzene ring substituents is 1. The van der Waals surface area contributed by atoms with E-state index in [1.807, 2.05) is 6.92 Å². The first-order chi connectivity index (χ1) is 6.43. The molecule has 1 aromatic rings. The SMILES string of the molecule is CC(=O)c1cc(C)c(C)cc1[N+](=O)[O-]. The van der Waals surface area contributed by atoms with Gasteiger partial charge in [-0.15, -0.1) is 0 Å². The summed E-state index contributed by atoms with van der Waals surface area (Å²) in [4.78, 5) is 21.2. The average Bonchev–Trinajstić information content (AvgIpc) is 2.08. The Labute approximate surface area is 81.7 Å². The zero-order chi connectivity index (χ0) is 10.9. The highest BCUT2D eigenvalue weighted by Crippen LogP contribution is 2.23. The smallest absolute Gasteiger partial charge is 0.280 e. The third kappa shape index (κ3) is 1.79. The number of carbonyl (C=O) groups is 1. The van der Waals surface area contributed by atoms with Crippen LogP contribution < -0.4 is 0 Å². The first kappa shape index (κ1) is 10.4. The van der Waals surface area contributed by atoms with E-state index in [2.05, 4.69) is 0 Å². The van der Waals surface area contributed by atoms with Crippen molar-refractivity contribution in [2.24, 2.45) is 0 Å². The number of rotatable bonds is 2. The number of hydrogen-bond acceptors (Lipinski definition) is 3. The fraction of sp³-hybridized carbons (Fsp3) is 0.300. The molecule has 0 N–H and O–H groups in total. The maximum Gasteiger partial charge on any atom is 0.280 e. The van der Waals surface area contributed by atoms with Gasteiger partial charge < -0.3 is 0 Å². The summed E-state index contributed by atoms with van der Waals surface area (Å²) in [6.45, 7) is 4.94. The number of nitro groups is 1. The molecule has 0 aromatic heterocycles. The van der Waals surface area contributed by atoms with E-state index in [4.69, 9.17) is 0 Å². The van der Waals surface area contributed by atoms with Crippen molar-refractivity contribution in [2.45, 2.75) is 20.8 Å². The molecule has 0 spiro atoms. The monoisotopic (exact) mass is 193 g/mol. The molecule has 0 bridgehead atoms. The standard InChI is InChI=1S/C10H11NO3/c1-6-4-9(8(3)12)10(11(13)14)5-7(6)2/h4-5H,1-3H3. The molecule has 4 heteroatoms. The number of aryl methyl sites for hydroxylation is 2. The molecule has 0 fully saturated rings. The van der Waals surface area contributed by atoms with Gasteiger partial charge in [0.15, 0.2) is 5.78 Å². The molecule has 0 saturated heterocycles. The molecule has 4 nitrogen and oxygen atoms in total. The van der Waals surface area contributed by atoms with E-state index in [0.717, 1.165) is 11.1 Å². The van der Waals surface area contributed by atoms with Crippen LogP contribution in [0.25, 0.3) is 0 Å². The van der Waals surface area contributed by atoms with Crippen LogP contribution in [0.5, 0.6) is 0 Å². The zero-order valence-electron chi connectivity index (χ0n) is 8.33. The quantitative estimate of drug-likeness (QED) is 0.411. The van der Waals surface area contributed by atoms with Gasteiger partial charge in [-0.1, -0.05) is 0 Å². The summed E-state index contributed by atoms with van der Waals surface area (Å²) >= 11 is 0. The van der Waals surface area contributed by atoms with Gasteiger partial charge in [0.1, 0.15) is 0 Å². The largest absolute Gasteiger partial charge is 0.294 e. The number of nitrogens with zero attached hydrogens (tertiary/aromatic N) is 1. The minimum atomic E-state index is -0.525. The van der Waals surface area contributed by atoms with Crippen LogP contribution in [-0.4, -0.2) is 10.7 Å². The molecule has 74 valence electrons. The first-order valence-electron chi connectivity index (χ1n) is 4.20. The van der Waals surface area contributed by atoms with Gasteiger partial charge in [0, 0.05) is 6.07 Å². The van der Waals surface area contributed by atoms with Gasteiger partial charge >= 0.3 is 0 Å². The predicted octanol–water partition coefficient (Wildman–Crippen LogP) is 2.41. The van der Waals surface area contributed by atoms with Crippen molar-refractivity contribution in [3.05, 3.63) is 38.9 Å². The van der Waals surface area contributed by atoms with Gasteiger partial charge in [-0.2, -0.15) is 0 Å². The average molecular weight is 193 g/mol. The second-order valence-electron chi connectivity index (χ2n) is 3.27. The van der Waals surface area contributed by atoms with E-state index in [-0.39, 0.29) is 17.0 Å². The van der Waals surface area contributed by atoms with Gasteiger partial charge in [0.05, 0.1) is 10.5 Å². The molecule has 0 saturated carbocycles. The van der Waals surface area contributed by atoms with Crippen molar-refractivity contribution in [3.8, 4) is 0 Å². The van der Waals surface area contributed by atoms with Gasteiger partial charge in [-0.05, 0) is 38.0 Å². The third-order valence-electron chi connectivity index (χ3n) is 2.19. The van der Waals surface area contributed by atoms with Gasteiger partial charge in [-0.25, -0.2) is 0 Å². The molecule has 0 amide bonds. The Hall–Kier alpha value is -1.71. The van der Waals surface area contributed by atoms with E-state index in [1.54, 1.807) is 13.0 Å². The molecule has 0 atom stereocenters. The number of benzene rings is 1. The summed E-state index contributed by atoms with van der Waals surface area (Å²) < 4.78 is 0. The molecule has 0 heterocycles. The normalized spacial score (nSPS) is 9.93. The number of hydrogen-bond donors (Lipinski definition) is 0. The van der Waals surface area contributed by atoms with Gasteiger partial charge in [-0.3, -0.25) is 14.9 Å². The lowest BCUT2D eigenvalue weighted by atomic mass is 10.0. The fourth-order valence-corrected chi connectivity index (χ4v) is 1.23. The third-order valence-corrected chi connectivity index (χ3v) is 2.19. The lowest BCUT2D eigenvalue weighted by molar-refractivity contribution is -0.385. The number of carbonyl (C=O) groups excluding carboxylic acids is 1. The highest BCUT2D eigenvalue weighted by atomic mass is 16.6. The highest BCUT2D eigenvalue weighted by molar-refractivity contribution is 5.98. The van der Waals surface area contributed by atoms with E-state index < -0.39 is 4.92 Å². The summed E-state index contributed by atoms with van der Waals surface area (Å²) in [5.41, 5.74) is 1.78. The molecular weight excluding hydrogens is 182 g/mol. The minimum absolute atomic E-state index is 0.111. The Morgan fingerprint density at radius 2 is 1.79 bits per heavy atom. The molecule has 1 rings (SSSR count). The molecule has 0 aliphatic carbocycles. The summed E-state index contributed by atoms with van der Waals surface area (Å²) in [6.07, 6.45) is 0. The molecule has 0 unspecified atom stereocenters. The topological polar surface area (TPSA) is 60.2 Å². The summed E-state index contributed by atoms with van der Waals surface area (Å²) in [5, 5.41) is 10.6. The van der Waals surface area contributed by atoms with Gasteiger partial charge in [0.25, 0.3) is 5.69 Å². The number of Topliss-reactive ketones (excluding diaryl/α,β-unsaturated/α-hetero) is 1. The predicted molar refractivity (Wildman–Crippen MR) is 52.6 cm³/mol. The summed E-state index contributed by atoms with van der Waals surface area (Å²) in [5.74, 6) is -0.278. The Kier molecular flexibility index (Phi) is 2.65. The summed E-state index contributed by atoms with van der Waals surface area (Å²) in [6, 6.07) is 3.00. The minimum Gasteiger partial charge on any atom is -0.294 e. The van der Waals surface area contributed by atoms with Gasteiger partial charge in [0.2, 0.25) is 0 Å². The Morgan fingerprint density at radius 1 is 1.29 bits per heavy atom. The van der Waals surface area contributed by atoms with E-state index >= 15 is 0 Å². The number of ketones is 1. The van der Waals surface area contributed by atoms with Crippen LogP contribution in [0.15, 0.2) is 12.1 Å². The van der Waals surface area contributed by atoms with Crippen molar-refractivity contribution in [1.29, 1.82) is 0 Å². The van der Waals surface area contributed by atoms with Crippen molar-refractivity contribution < 1.29 is 9.72 Å². The van der Waals surface area contributed by atoms with Crippen LogP contribution in [-0.2, 0) is 0 Å². The second kappa shape index (κ2) is 3.57. The Balaban J connectivity index is 3.46. The first-order valence-corrected chi connectivity index (χ1v) is 4.20. The van der Waals surface area contributed by atoms with E-state index in [1.165, 1.54) is 13.0 Å². The molecule has 0 radical (unpaired) electrons. The second-order valence-corrected chi connectivity index (χ2v) is 3.27. The zero-order valence-corrected chi connectivity index (χ0v) is 8.33. The van der Waals surface area contributed by atoms with Crippen LogP contribution in [0.2, 0.25) is 0 Å². The van der Waals surface area contributed by atoms with Crippen LogP contribution >= 0.6 is 0 Å². The lowest BCUT2D eigenvalue weighted by Gasteiger charge is -2.03. The van der Waals surface area contributed by atoms with Crippen molar-refractivity contribution in [2.75, 3.05) is 0 Å². The Morgan fingerprint density at radius 3 is 2.21 bits per heavy atom. The maximum atomic E-state index is 11.1. The van der Waals surface area contributed by atoms with E-state index in [9.17, 15) is 14.9 Å². The van der Waals surface area contributed by atoms with Crippen molar-refractivity contribution >= 4 is 11.5 Å². The van der Waals surface area contributed by atoms with Crippen LogP contribution in [0.4, 0.5) is 5.69 Å². The molecular formula is C10H11NO3. The van der Waals surface area contributed by atoms with Crippen molar-refractivity contribution in [3.63, 3.8) is 0 Å². The fourth-order valence-electron chi connectivity index (χ4n) is 1.23.